The van der Waals surface area contributed by atoms with E-state index in [1.807, 2.05) is 0 Å². The van der Waals surface area contributed by atoms with Crippen molar-refractivity contribution in [1.82, 2.24) is 0 Å². The fourth-order valence-corrected chi connectivity index (χ4v) is 1.77. The molecule has 0 bridgehead atoms. The Labute approximate surface area is 113 Å². The van der Waals surface area contributed by atoms with Gasteiger partial charge in [0.25, 0.3) is 0 Å². The van der Waals surface area contributed by atoms with Crippen molar-refractivity contribution in [2.24, 2.45) is 0 Å². The Morgan fingerprint density at radius 2 is 0.733 bits per heavy atom. The molecular formula is C14H28Ti+2. The fourth-order valence-electron chi connectivity index (χ4n) is 1.77. The van der Waals surface area contributed by atoms with E-state index < -0.39 is 0 Å². The van der Waals surface area contributed by atoms with Crippen LogP contribution in [-0.4, -0.2) is 0 Å². The van der Waals surface area contributed by atoms with Gasteiger partial charge in [0.1, 0.15) is 0 Å². The van der Waals surface area contributed by atoms with E-state index in [2.05, 4.69) is 0 Å². The third-order valence-corrected chi connectivity index (χ3v) is 2.50. The smallest absolute Gasteiger partial charge is 0.518 e. The molecule has 0 saturated heterocycles. The monoisotopic (exact) mass is 244 g/mol. The zero-order chi connectivity index (χ0) is 9.78. The van der Waals surface area contributed by atoms with Crippen molar-refractivity contribution in [3.05, 3.63) is 20.1 Å². The molecule has 0 amide bonds. The molecule has 0 unspecified atom stereocenters. The van der Waals surface area contributed by atoms with Crippen molar-refractivity contribution in [3.63, 3.8) is 0 Å². The van der Waals surface area contributed by atoms with E-state index in [4.69, 9.17) is 6.58 Å². The van der Waals surface area contributed by atoms with Gasteiger partial charge in [0.15, 0.2) is 0 Å². The van der Waals surface area contributed by atoms with Crippen LogP contribution in [0.1, 0.15) is 71.1 Å². The van der Waals surface area contributed by atoms with Crippen LogP contribution in [0.25, 0.3) is 0 Å². The van der Waals surface area contributed by atoms with Gasteiger partial charge >= 0.3 is 21.7 Å². The average Bonchev–Trinajstić information content (AvgIpc) is 2.85. The molecule has 0 atom stereocenters. The maximum absolute atomic E-state index is 4.72. The summed E-state index contributed by atoms with van der Waals surface area (Å²) in [6, 6.07) is 0. The molecule has 2 saturated carbocycles. The summed E-state index contributed by atoms with van der Waals surface area (Å²) < 4.78 is 0. The van der Waals surface area contributed by atoms with Crippen LogP contribution in [0.2, 0.25) is 0 Å². The third kappa shape index (κ3) is 20.5. The van der Waals surface area contributed by atoms with E-state index in [-0.39, 0.29) is 29.1 Å². The molecule has 0 aromatic heterocycles. The van der Waals surface area contributed by atoms with Crippen LogP contribution in [0.15, 0.2) is 6.08 Å². The van der Waals surface area contributed by atoms with E-state index >= 15 is 0 Å². The molecule has 0 aromatic carbocycles. The van der Waals surface area contributed by atoms with Gasteiger partial charge in [-0.15, -0.1) is 0 Å². The first-order valence-electron chi connectivity index (χ1n) is 5.91. The molecule has 2 fully saturated rings. The van der Waals surface area contributed by atoms with Gasteiger partial charge in [-0.1, -0.05) is 71.1 Å². The van der Waals surface area contributed by atoms with Crippen molar-refractivity contribution in [3.8, 4) is 0 Å². The molecule has 2 rings (SSSR count). The van der Waals surface area contributed by atoms with E-state index in [0.29, 0.717) is 0 Å². The number of hydrogen-bond acceptors (Lipinski definition) is 0. The Kier molecular flexibility index (Phi) is 27.7. The molecule has 2 aliphatic rings. The summed E-state index contributed by atoms with van der Waals surface area (Å²) in [5.41, 5.74) is 0. The van der Waals surface area contributed by atoms with Crippen molar-refractivity contribution in [2.75, 3.05) is 0 Å². The van der Waals surface area contributed by atoms with Gasteiger partial charge in [-0.3, -0.25) is 6.08 Å². The molecule has 0 spiro atoms. The molecule has 0 nitrogen and oxygen atoms in total. The Morgan fingerprint density at radius 3 is 0.800 bits per heavy atom. The minimum absolute atomic E-state index is 0. The van der Waals surface area contributed by atoms with Gasteiger partial charge in [0.2, 0.25) is 0 Å². The second-order valence-corrected chi connectivity index (χ2v) is 3.87. The molecule has 0 heterocycles. The molecule has 86 valence electrons. The van der Waals surface area contributed by atoms with Crippen molar-refractivity contribution >= 4 is 0 Å². The normalized spacial score (nSPS) is 16.9. The summed E-state index contributed by atoms with van der Waals surface area (Å²) in [6.07, 6.45) is 16.5. The number of rotatable bonds is 0. The van der Waals surface area contributed by atoms with Crippen molar-refractivity contribution in [1.29, 1.82) is 0 Å². The van der Waals surface area contributed by atoms with E-state index in [1.54, 1.807) is 6.92 Å². The van der Waals surface area contributed by atoms with Crippen LogP contribution in [0, 0.1) is 14.0 Å². The number of allylic oxidation sites excluding steroid dienone is 1. The van der Waals surface area contributed by atoms with E-state index in [1.165, 1.54) is 70.3 Å². The molecule has 2 aliphatic carbocycles. The molecule has 0 aromatic rings. The van der Waals surface area contributed by atoms with Crippen LogP contribution >= 0.6 is 0 Å². The van der Waals surface area contributed by atoms with E-state index in [0.717, 1.165) is 0 Å². The van der Waals surface area contributed by atoms with Gasteiger partial charge in [-0.2, -0.15) is 0 Å². The van der Waals surface area contributed by atoms with E-state index in [9.17, 15) is 0 Å². The van der Waals surface area contributed by atoms with Crippen LogP contribution < -0.4 is 0 Å². The molecule has 0 radical (unpaired) electrons. The molecule has 15 heavy (non-hydrogen) atoms. The van der Waals surface area contributed by atoms with Gasteiger partial charge in [-0.05, 0) is 0 Å². The molecular weight excluding hydrogens is 216 g/mol. The summed E-state index contributed by atoms with van der Waals surface area (Å²) in [4.78, 5) is 0. The second-order valence-electron chi connectivity index (χ2n) is 3.87. The minimum Gasteiger partial charge on any atom is -0.518 e. The summed E-state index contributed by atoms with van der Waals surface area (Å²) in [6.45, 7) is 6.50. The molecule has 0 aliphatic heterocycles. The standard InChI is InChI=1S/2C5H10.C3H5.CH3.Ti/c2*1-2-4-5-3-1;1-3-2;;/h2*1-5H2;1,3H,2H3;1H3;/q;;2*-1;+4. The number of hydrogen-bond donors (Lipinski definition) is 0. The van der Waals surface area contributed by atoms with Gasteiger partial charge in [-0.25, -0.2) is 0 Å². The molecule has 0 N–H and O–H groups in total. The summed E-state index contributed by atoms with van der Waals surface area (Å²) in [5.74, 6) is 0. The maximum Gasteiger partial charge on any atom is 4.00 e. The van der Waals surface area contributed by atoms with Crippen LogP contribution in [0.4, 0.5) is 0 Å². The zero-order valence-corrected chi connectivity index (χ0v) is 12.3. The van der Waals surface area contributed by atoms with Gasteiger partial charge in [0.05, 0.1) is 0 Å². The fraction of sp³-hybridized carbons (Fsp3) is 0.786. The minimum atomic E-state index is 0. The van der Waals surface area contributed by atoms with Gasteiger partial charge in [0, 0.05) is 0 Å². The Bertz CT molecular complexity index is 66.3. The summed E-state index contributed by atoms with van der Waals surface area (Å²) in [7, 11) is 0. The summed E-state index contributed by atoms with van der Waals surface area (Å²) >= 11 is 0. The Hall–Kier alpha value is 0.454. The maximum atomic E-state index is 4.72. The van der Waals surface area contributed by atoms with Crippen LogP contribution in [0.5, 0.6) is 0 Å². The van der Waals surface area contributed by atoms with Gasteiger partial charge < -0.3 is 14.0 Å². The van der Waals surface area contributed by atoms with Crippen molar-refractivity contribution < 1.29 is 21.7 Å². The SMILES string of the molecule is C1CCCC1.C1CCCC1.[CH-]=CC.[CH3-].[Ti+4]. The van der Waals surface area contributed by atoms with Crippen LogP contribution in [-0.2, 0) is 21.7 Å². The van der Waals surface area contributed by atoms with Crippen LogP contribution in [0.3, 0.4) is 0 Å². The van der Waals surface area contributed by atoms with Crippen molar-refractivity contribution in [2.45, 2.75) is 71.1 Å². The summed E-state index contributed by atoms with van der Waals surface area (Å²) in [5, 5.41) is 0. The average molecular weight is 244 g/mol. The first-order chi connectivity index (χ1) is 6.41. The largest absolute Gasteiger partial charge is 4.00 e. The third-order valence-electron chi connectivity index (χ3n) is 2.50. The first kappa shape index (κ1) is 20.8. The molecule has 1 heteroatoms. The quantitative estimate of drug-likeness (QED) is 0.398. The zero-order valence-electron chi connectivity index (χ0n) is 10.7. The predicted molar refractivity (Wildman–Crippen MR) is 67.1 cm³/mol. The first-order valence-corrected chi connectivity index (χ1v) is 5.91. The Morgan fingerprint density at radius 1 is 0.667 bits per heavy atom. The Balaban J connectivity index is -0.000000140. The second kappa shape index (κ2) is 19.9. The predicted octanol–water partition coefficient (Wildman–Crippen LogP) is 5.34. The topological polar surface area (TPSA) is 0 Å².